The van der Waals surface area contributed by atoms with Crippen LogP contribution < -0.4 is 5.32 Å². The summed E-state index contributed by atoms with van der Waals surface area (Å²) in [5.74, 6) is 3.62. The van der Waals surface area contributed by atoms with Gasteiger partial charge in [0.15, 0.2) is 0 Å². The number of benzene rings is 2. The molecule has 7 heteroatoms. The molecule has 1 aliphatic heterocycles. The molecule has 2 amide bonds. The number of carbonyl (C=O) groups excluding carboxylic acids is 2. The summed E-state index contributed by atoms with van der Waals surface area (Å²) in [6.07, 6.45) is 1.49. The number of carboxylic acids is 1. The van der Waals surface area contributed by atoms with E-state index in [2.05, 4.69) is 29.3 Å². The molecule has 0 aromatic heterocycles. The molecule has 2 atom stereocenters. The smallest absolute Gasteiger partial charge is 0.407 e. The Kier molecular flexibility index (Phi) is 5.29. The zero-order valence-electron chi connectivity index (χ0n) is 18.0. The molecule has 0 radical (unpaired) electrons. The number of hydrogen-bond donors (Lipinski definition) is 2. The lowest BCUT2D eigenvalue weighted by Crippen LogP contribution is -2.50. The summed E-state index contributed by atoms with van der Waals surface area (Å²) in [6, 6.07) is 16.2. The number of aliphatic carboxylic acids is 1. The lowest BCUT2D eigenvalue weighted by molar-refractivity contribution is -0.152. The number of likely N-dealkylation sites (tertiary alicyclic amines) is 1. The third-order valence-electron chi connectivity index (χ3n) is 6.96. The van der Waals surface area contributed by atoms with Crippen molar-refractivity contribution in [2.24, 2.45) is 5.92 Å². The van der Waals surface area contributed by atoms with Crippen molar-refractivity contribution in [3.63, 3.8) is 0 Å². The molecule has 5 rings (SSSR count). The minimum absolute atomic E-state index is 0.0217. The maximum Gasteiger partial charge on any atom is 0.407 e. The molecule has 2 unspecified atom stereocenters. The van der Waals surface area contributed by atoms with E-state index in [9.17, 15) is 19.5 Å². The molecule has 2 aliphatic carbocycles. The van der Waals surface area contributed by atoms with E-state index in [0.29, 0.717) is 13.0 Å². The van der Waals surface area contributed by atoms with E-state index in [1.165, 1.54) is 4.90 Å². The Morgan fingerprint density at radius 2 is 1.76 bits per heavy atom. The van der Waals surface area contributed by atoms with Crippen LogP contribution in [0.1, 0.15) is 36.3 Å². The highest BCUT2D eigenvalue weighted by Crippen LogP contribution is 2.54. The Morgan fingerprint density at radius 1 is 1.09 bits per heavy atom. The van der Waals surface area contributed by atoms with Crippen molar-refractivity contribution >= 4 is 18.0 Å². The summed E-state index contributed by atoms with van der Waals surface area (Å²) in [6.45, 7) is 0.540. The fourth-order valence-electron chi connectivity index (χ4n) is 5.30. The number of carboxylic acid groups (broad SMARTS) is 1. The van der Waals surface area contributed by atoms with Crippen molar-refractivity contribution in [2.45, 2.75) is 30.7 Å². The van der Waals surface area contributed by atoms with E-state index in [1.54, 1.807) is 0 Å². The molecule has 0 bridgehead atoms. The zero-order chi connectivity index (χ0) is 23.0. The number of ether oxygens (including phenoxy) is 1. The number of hydrogen-bond acceptors (Lipinski definition) is 4. The monoisotopic (exact) mass is 444 g/mol. The van der Waals surface area contributed by atoms with Gasteiger partial charge in [-0.25, -0.2) is 9.59 Å². The highest BCUT2D eigenvalue weighted by atomic mass is 16.5. The van der Waals surface area contributed by atoms with Gasteiger partial charge in [0.25, 0.3) is 5.91 Å². The summed E-state index contributed by atoms with van der Waals surface area (Å²) >= 11 is 0. The predicted molar refractivity (Wildman–Crippen MR) is 120 cm³/mol. The van der Waals surface area contributed by atoms with Crippen LogP contribution >= 0.6 is 0 Å². The number of amides is 2. The first kappa shape index (κ1) is 21.1. The van der Waals surface area contributed by atoms with Crippen LogP contribution in [0.4, 0.5) is 4.79 Å². The van der Waals surface area contributed by atoms with Crippen molar-refractivity contribution < 1.29 is 24.2 Å². The molecule has 168 valence electrons. The van der Waals surface area contributed by atoms with Gasteiger partial charge in [0.2, 0.25) is 0 Å². The van der Waals surface area contributed by atoms with Crippen LogP contribution in [0.2, 0.25) is 0 Å². The highest BCUT2D eigenvalue weighted by Gasteiger charge is 2.66. The van der Waals surface area contributed by atoms with Gasteiger partial charge in [0.05, 0.1) is 6.54 Å². The third kappa shape index (κ3) is 3.62. The van der Waals surface area contributed by atoms with Crippen LogP contribution in [-0.2, 0) is 14.3 Å². The average molecular weight is 444 g/mol. The molecular weight excluding hydrogens is 420 g/mol. The van der Waals surface area contributed by atoms with Crippen molar-refractivity contribution in [3.8, 4) is 23.0 Å². The molecule has 2 aromatic rings. The first-order chi connectivity index (χ1) is 16.0. The maximum atomic E-state index is 12.5. The van der Waals surface area contributed by atoms with E-state index in [0.717, 1.165) is 35.1 Å². The van der Waals surface area contributed by atoms with Crippen LogP contribution in [-0.4, -0.2) is 53.2 Å². The molecule has 2 aromatic carbocycles. The van der Waals surface area contributed by atoms with Gasteiger partial charge in [-0.05, 0) is 53.4 Å². The molecule has 1 saturated heterocycles. The Balaban J connectivity index is 1.15. The lowest BCUT2D eigenvalue weighted by atomic mass is 9.98. The summed E-state index contributed by atoms with van der Waals surface area (Å²) in [7, 11) is 0. The molecule has 1 heterocycles. The van der Waals surface area contributed by atoms with E-state index in [-0.39, 0.29) is 25.0 Å². The minimum atomic E-state index is -1.08. The summed E-state index contributed by atoms with van der Waals surface area (Å²) in [5, 5.41) is 12.1. The first-order valence-electron chi connectivity index (χ1n) is 11.1. The maximum absolute atomic E-state index is 12.5. The second kappa shape index (κ2) is 8.28. The number of alkyl carbamates (subject to hydrolysis) is 1. The number of nitrogens with zero attached hydrogens (tertiary/aromatic N) is 1. The third-order valence-corrected chi connectivity index (χ3v) is 6.96. The van der Waals surface area contributed by atoms with E-state index < -0.39 is 23.5 Å². The fraction of sp³-hybridized carbons (Fsp3) is 0.346. The number of nitrogens with one attached hydrogen (secondary N) is 1. The van der Waals surface area contributed by atoms with Gasteiger partial charge in [-0.15, -0.1) is 0 Å². The molecule has 0 spiro atoms. The summed E-state index contributed by atoms with van der Waals surface area (Å²) in [4.78, 5) is 37.7. The second-order valence-corrected chi connectivity index (χ2v) is 8.71. The van der Waals surface area contributed by atoms with Gasteiger partial charge in [-0.2, -0.15) is 0 Å². The van der Waals surface area contributed by atoms with Crippen molar-refractivity contribution in [1.29, 1.82) is 0 Å². The first-order valence-corrected chi connectivity index (χ1v) is 11.1. The molecule has 7 nitrogen and oxygen atoms in total. The number of rotatable bonds is 4. The van der Waals surface area contributed by atoms with Crippen LogP contribution in [0.25, 0.3) is 11.1 Å². The molecule has 2 N–H and O–H groups in total. The van der Waals surface area contributed by atoms with Crippen molar-refractivity contribution in [3.05, 3.63) is 59.7 Å². The second-order valence-electron chi connectivity index (χ2n) is 8.71. The predicted octanol–water partition coefficient (Wildman–Crippen LogP) is 2.99. The van der Waals surface area contributed by atoms with Gasteiger partial charge < -0.3 is 20.1 Å². The SMILES string of the molecule is O=C(NCC#CC(=O)N1CCCC2CC21C(=O)O)OCC1c2ccccc2-c2ccccc21. The average Bonchev–Trinajstić information content (AvgIpc) is 3.51. The minimum Gasteiger partial charge on any atom is -0.479 e. The van der Waals surface area contributed by atoms with E-state index >= 15 is 0 Å². The van der Waals surface area contributed by atoms with Crippen LogP contribution in [0.5, 0.6) is 0 Å². The van der Waals surface area contributed by atoms with Gasteiger partial charge in [0.1, 0.15) is 12.1 Å². The zero-order valence-corrected chi connectivity index (χ0v) is 18.0. The summed E-state index contributed by atoms with van der Waals surface area (Å²) < 4.78 is 5.44. The summed E-state index contributed by atoms with van der Waals surface area (Å²) in [5.41, 5.74) is 3.49. The molecule has 2 fully saturated rings. The Morgan fingerprint density at radius 3 is 2.42 bits per heavy atom. The molecular formula is C26H24N2O5. The van der Waals surface area contributed by atoms with Gasteiger partial charge in [-0.1, -0.05) is 54.5 Å². The number of fused-ring (bicyclic) bond motifs is 4. The van der Waals surface area contributed by atoms with Crippen LogP contribution in [0, 0.1) is 17.8 Å². The topological polar surface area (TPSA) is 95.9 Å². The molecule has 33 heavy (non-hydrogen) atoms. The standard InChI is InChI=1S/C26H24N2O5/c29-23(28-14-6-7-17-15-26(17,28)24(30)31)12-5-13-27-25(32)33-16-22-20-10-3-1-8-18(20)19-9-2-4-11-21(19)22/h1-4,8-11,17,22H,6-7,13-16H2,(H,27,32)(H,30,31). The number of carbonyl (C=O) groups is 3. The largest absolute Gasteiger partial charge is 0.479 e. The van der Waals surface area contributed by atoms with Gasteiger partial charge in [0, 0.05) is 12.5 Å². The Bertz CT molecular complexity index is 1150. The van der Waals surface area contributed by atoms with Gasteiger partial charge >= 0.3 is 12.1 Å². The van der Waals surface area contributed by atoms with Gasteiger partial charge in [-0.3, -0.25) is 4.79 Å². The normalized spacial score (nSPS) is 22.2. The lowest BCUT2D eigenvalue weighted by Gasteiger charge is -2.31. The van der Waals surface area contributed by atoms with Crippen LogP contribution in [0.15, 0.2) is 48.5 Å². The fourth-order valence-corrected chi connectivity index (χ4v) is 5.30. The Hall–Kier alpha value is -3.79. The van der Waals surface area contributed by atoms with Crippen LogP contribution in [0.3, 0.4) is 0 Å². The van der Waals surface area contributed by atoms with E-state index in [4.69, 9.17) is 4.74 Å². The number of piperidine rings is 1. The Labute approximate surface area is 191 Å². The van der Waals surface area contributed by atoms with Crippen molar-refractivity contribution in [1.82, 2.24) is 10.2 Å². The molecule has 1 saturated carbocycles. The molecule has 3 aliphatic rings. The van der Waals surface area contributed by atoms with Crippen molar-refractivity contribution in [2.75, 3.05) is 19.7 Å². The quantitative estimate of drug-likeness (QED) is 0.707. The highest BCUT2D eigenvalue weighted by molar-refractivity contribution is 5.99. The van der Waals surface area contributed by atoms with E-state index in [1.807, 2.05) is 36.4 Å².